The Kier molecular flexibility index (Phi) is 6.92. The number of nitriles is 1. The first-order valence-corrected chi connectivity index (χ1v) is 8.30. The fourth-order valence-electron chi connectivity index (χ4n) is 2.07. The summed E-state index contributed by atoms with van der Waals surface area (Å²) in [7, 11) is 0. The van der Waals surface area contributed by atoms with Gasteiger partial charge in [0.15, 0.2) is 6.61 Å². The molecule has 0 unspecified atom stereocenters. The number of halogens is 1. The average Bonchev–Trinajstić information content (AvgIpc) is 2.66. The van der Waals surface area contributed by atoms with Gasteiger partial charge >= 0.3 is 5.97 Å². The van der Waals surface area contributed by atoms with E-state index in [1.807, 2.05) is 6.07 Å². The van der Waals surface area contributed by atoms with Gasteiger partial charge in [-0.2, -0.15) is 5.26 Å². The molecule has 0 aromatic heterocycles. The van der Waals surface area contributed by atoms with E-state index in [4.69, 9.17) is 21.6 Å². The van der Waals surface area contributed by atoms with Crippen LogP contribution in [0, 0.1) is 11.3 Å². The van der Waals surface area contributed by atoms with Crippen molar-refractivity contribution in [3.05, 3.63) is 64.7 Å². The van der Waals surface area contributed by atoms with Gasteiger partial charge in [0.1, 0.15) is 12.1 Å². The summed E-state index contributed by atoms with van der Waals surface area (Å²) in [5.74, 6) is -1.74. The first kappa shape index (κ1) is 19.9. The summed E-state index contributed by atoms with van der Waals surface area (Å²) in [4.78, 5) is 35.8. The molecule has 2 rings (SSSR count). The van der Waals surface area contributed by atoms with Gasteiger partial charge in [-0.25, -0.2) is 4.79 Å². The van der Waals surface area contributed by atoms with Gasteiger partial charge in [0.2, 0.25) is 0 Å². The van der Waals surface area contributed by atoms with Crippen LogP contribution < -0.4 is 10.6 Å². The molecule has 0 saturated carbocycles. The molecule has 0 aliphatic heterocycles. The number of hydrogen-bond acceptors (Lipinski definition) is 5. The number of esters is 1. The van der Waals surface area contributed by atoms with Gasteiger partial charge in [-0.3, -0.25) is 9.59 Å². The van der Waals surface area contributed by atoms with Gasteiger partial charge < -0.3 is 15.4 Å². The number of hydrogen-bond donors (Lipinski definition) is 2. The minimum Gasteiger partial charge on any atom is -0.454 e. The fourth-order valence-corrected chi connectivity index (χ4v) is 2.29. The number of carbonyl (C=O) groups excluding carboxylic acids is 3. The monoisotopic (exact) mass is 385 g/mol. The molecule has 2 aromatic carbocycles. The maximum absolute atomic E-state index is 12.0. The van der Waals surface area contributed by atoms with Crippen molar-refractivity contribution in [2.45, 2.75) is 13.0 Å². The van der Waals surface area contributed by atoms with E-state index in [2.05, 4.69) is 10.6 Å². The second-order valence-corrected chi connectivity index (χ2v) is 5.93. The second-order valence-electron chi connectivity index (χ2n) is 5.52. The van der Waals surface area contributed by atoms with Crippen LogP contribution in [0.25, 0.3) is 0 Å². The lowest BCUT2D eigenvalue weighted by Crippen LogP contribution is -2.40. The van der Waals surface area contributed by atoms with E-state index in [0.717, 1.165) is 0 Å². The van der Waals surface area contributed by atoms with E-state index >= 15 is 0 Å². The van der Waals surface area contributed by atoms with Crippen molar-refractivity contribution < 1.29 is 19.1 Å². The maximum Gasteiger partial charge on any atom is 0.328 e. The topological polar surface area (TPSA) is 108 Å². The Labute approximate surface area is 160 Å². The Morgan fingerprint density at radius 1 is 1.19 bits per heavy atom. The number of nitrogens with one attached hydrogen (secondary N) is 2. The van der Waals surface area contributed by atoms with Crippen molar-refractivity contribution >= 4 is 35.1 Å². The molecule has 2 N–H and O–H groups in total. The SMILES string of the molecule is C[C@H](NC(=O)c1ccccc1)C(=O)OCC(=O)Nc1ccc(C#N)c(Cl)c1. The molecular weight excluding hydrogens is 370 g/mol. The Bertz CT molecular complexity index is 894. The molecule has 0 fully saturated rings. The highest BCUT2D eigenvalue weighted by molar-refractivity contribution is 6.32. The number of ether oxygens (including phenoxy) is 1. The first-order chi connectivity index (χ1) is 12.9. The van der Waals surface area contributed by atoms with Crippen molar-refractivity contribution in [1.82, 2.24) is 5.32 Å². The third-order valence-electron chi connectivity index (χ3n) is 3.46. The lowest BCUT2D eigenvalue weighted by molar-refractivity contribution is -0.148. The highest BCUT2D eigenvalue weighted by Crippen LogP contribution is 2.20. The van der Waals surface area contributed by atoms with Crippen LogP contribution in [0.15, 0.2) is 48.5 Å². The molecule has 0 heterocycles. The van der Waals surface area contributed by atoms with Gasteiger partial charge in [-0.05, 0) is 37.3 Å². The molecule has 2 aromatic rings. The summed E-state index contributed by atoms with van der Waals surface area (Å²) in [6.07, 6.45) is 0. The predicted molar refractivity (Wildman–Crippen MR) is 99.1 cm³/mol. The molecule has 7 nitrogen and oxygen atoms in total. The summed E-state index contributed by atoms with van der Waals surface area (Å²) in [6.45, 7) is 0.934. The summed E-state index contributed by atoms with van der Waals surface area (Å²) in [6, 6.07) is 13.8. The highest BCUT2D eigenvalue weighted by Gasteiger charge is 2.19. The van der Waals surface area contributed by atoms with Crippen LogP contribution in [0.1, 0.15) is 22.8 Å². The fraction of sp³-hybridized carbons (Fsp3) is 0.158. The van der Waals surface area contributed by atoms with E-state index in [9.17, 15) is 14.4 Å². The van der Waals surface area contributed by atoms with Crippen molar-refractivity contribution in [3.8, 4) is 6.07 Å². The molecule has 0 aliphatic rings. The molecule has 8 heteroatoms. The molecule has 2 amide bonds. The summed E-state index contributed by atoms with van der Waals surface area (Å²) < 4.78 is 4.90. The Morgan fingerprint density at radius 2 is 1.89 bits per heavy atom. The third kappa shape index (κ3) is 5.83. The number of anilines is 1. The quantitative estimate of drug-likeness (QED) is 0.743. The highest BCUT2D eigenvalue weighted by atomic mass is 35.5. The van der Waals surface area contributed by atoms with Crippen LogP contribution in [0.2, 0.25) is 5.02 Å². The summed E-state index contributed by atoms with van der Waals surface area (Å²) in [5.41, 5.74) is 1.06. The van der Waals surface area contributed by atoms with Crippen molar-refractivity contribution in [2.75, 3.05) is 11.9 Å². The Balaban J connectivity index is 1.82. The lowest BCUT2D eigenvalue weighted by atomic mass is 10.2. The number of nitrogens with zero attached hydrogens (tertiary/aromatic N) is 1. The summed E-state index contributed by atoms with van der Waals surface area (Å²) in [5, 5.41) is 14.0. The number of rotatable bonds is 6. The van der Waals surface area contributed by atoms with E-state index in [1.54, 1.807) is 30.3 Å². The van der Waals surface area contributed by atoms with Gasteiger partial charge in [0.25, 0.3) is 11.8 Å². The normalized spacial score (nSPS) is 11.0. The van der Waals surface area contributed by atoms with Gasteiger partial charge in [0.05, 0.1) is 10.6 Å². The Morgan fingerprint density at radius 3 is 2.52 bits per heavy atom. The molecule has 1 atom stereocenters. The Hall–Kier alpha value is -3.37. The minimum absolute atomic E-state index is 0.199. The van der Waals surface area contributed by atoms with Gasteiger partial charge in [-0.15, -0.1) is 0 Å². The van der Waals surface area contributed by atoms with Gasteiger partial charge in [0, 0.05) is 11.3 Å². The van der Waals surface area contributed by atoms with Crippen LogP contribution in [0.5, 0.6) is 0 Å². The molecule has 0 radical (unpaired) electrons. The van der Waals surface area contributed by atoms with Crippen LogP contribution >= 0.6 is 11.6 Å². The zero-order valence-corrected chi connectivity index (χ0v) is 15.1. The number of benzene rings is 2. The molecular formula is C19H16ClN3O4. The van der Waals surface area contributed by atoms with Crippen LogP contribution in [0.4, 0.5) is 5.69 Å². The zero-order valence-electron chi connectivity index (χ0n) is 14.4. The molecule has 0 aliphatic carbocycles. The van der Waals surface area contributed by atoms with E-state index < -0.39 is 30.4 Å². The molecule has 0 bridgehead atoms. The minimum atomic E-state index is -0.921. The standard InChI is InChI=1S/C19H16ClN3O4/c1-12(22-18(25)13-5-3-2-4-6-13)19(26)27-11-17(24)23-15-8-7-14(10-21)16(20)9-15/h2-9,12H,11H2,1H3,(H,22,25)(H,23,24)/t12-/m0/s1. The largest absolute Gasteiger partial charge is 0.454 e. The second kappa shape index (κ2) is 9.36. The van der Waals surface area contributed by atoms with E-state index in [0.29, 0.717) is 11.3 Å². The molecule has 0 spiro atoms. The van der Waals surface area contributed by atoms with E-state index in [1.165, 1.54) is 25.1 Å². The number of carbonyl (C=O) groups is 3. The van der Waals surface area contributed by atoms with Gasteiger partial charge in [-0.1, -0.05) is 29.8 Å². The molecule has 27 heavy (non-hydrogen) atoms. The average molecular weight is 386 g/mol. The predicted octanol–water partition coefficient (Wildman–Crippen LogP) is 2.51. The smallest absolute Gasteiger partial charge is 0.328 e. The van der Waals surface area contributed by atoms with Crippen molar-refractivity contribution in [3.63, 3.8) is 0 Å². The maximum atomic E-state index is 12.0. The summed E-state index contributed by atoms with van der Waals surface area (Å²) >= 11 is 5.88. The lowest BCUT2D eigenvalue weighted by Gasteiger charge is -2.13. The van der Waals surface area contributed by atoms with E-state index in [-0.39, 0.29) is 10.6 Å². The van der Waals surface area contributed by atoms with Crippen LogP contribution in [0.3, 0.4) is 0 Å². The molecule has 0 saturated heterocycles. The molecule has 138 valence electrons. The zero-order chi connectivity index (χ0) is 19.8. The van der Waals surface area contributed by atoms with Crippen molar-refractivity contribution in [1.29, 1.82) is 5.26 Å². The van der Waals surface area contributed by atoms with Crippen molar-refractivity contribution in [2.24, 2.45) is 0 Å². The third-order valence-corrected chi connectivity index (χ3v) is 3.77. The van der Waals surface area contributed by atoms with Crippen LogP contribution in [-0.4, -0.2) is 30.4 Å². The van der Waals surface area contributed by atoms with Crippen LogP contribution in [-0.2, 0) is 14.3 Å². The number of amides is 2. The first-order valence-electron chi connectivity index (χ1n) is 7.92.